The highest BCUT2D eigenvalue weighted by Crippen LogP contribution is 2.31. The van der Waals surface area contributed by atoms with Crippen LogP contribution in [-0.2, 0) is 0 Å². The van der Waals surface area contributed by atoms with Gasteiger partial charge in [-0.05, 0) is 18.6 Å². The fourth-order valence-corrected chi connectivity index (χ4v) is 3.37. The zero-order chi connectivity index (χ0) is 13.8. The zero-order valence-corrected chi connectivity index (χ0v) is 13.1. The van der Waals surface area contributed by atoms with Gasteiger partial charge < -0.3 is 9.64 Å². The summed E-state index contributed by atoms with van der Waals surface area (Å²) in [6.45, 7) is 8.88. The van der Waals surface area contributed by atoms with Crippen LogP contribution in [0.4, 0.5) is 0 Å². The van der Waals surface area contributed by atoms with Gasteiger partial charge in [0.25, 0.3) is 0 Å². The fourth-order valence-electron chi connectivity index (χ4n) is 3.03. The second kappa shape index (κ2) is 6.83. The van der Waals surface area contributed by atoms with Crippen LogP contribution in [-0.4, -0.2) is 26.2 Å². The molecule has 106 valence electrons. The van der Waals surface area contributed by atoms with Crippen molar-refractivity contribution in [3.05, 3.63) is 28.2 Å². The van der Waals surface area contributed by atoms with Crippen LogP contribution in [0.25, 0.3) is 0 Å². The summed E-state index contributed by atoms with van der Waals surface area (Å²) in [4.78, 5) is 1.63. The minimum absolute atomic E-state index is 0.513. The minimum atomic E-state index is 0.513. The molecule has 4 heteroatoms. The molecule has 2 rings (SSSR count). The van der Waals surface area contributed by atoms with Crippen molar-refractivity contribution in [3.8, 4) is 5.75 Å². The van der Waals surface area contributed by atoms with Gasteiger partial charge in [-0.1, -0.05) is 43.1 Å². The van der Waals surface area contributed by atoms with E-state index in [1.165, 1.54) is 19.5 Å². The van der Waals surface area contributed by atoms with Crippen molar-refractivity contribution in [3.63, 3.8) is 0 Å². The van der Waals surface area contributed by atoms with Gasteiger partial charge in [0.2, 0.25) is 0 Å². The summed E-state index contributed by atoms with van der Waals surface area (Å²) in [6, 6.07) is 5.50. The lowest BCUT2D eigenvalue weighted by atomic mass is 9.92. The van der Waals surface area contributed by atoms with Gasteiger partial charge in [0.1, 0.15) is 23.9 Å². The molecule has 19 heavy (non-hydrogen) atoms. The summed E-state index contributed by atoms with van der Waals surface area (Å²) in [5.74, 6) is 2.31. The van der Waals surface area contributed by atoms with Crippen LogP contribution in [0, 0.1) is 11.8 Å². The molecule has 1 aliphatic rings. The van der Waals surface area contributed by atoms with Crippen molar-refractivity contribution in [2.45, 2.75) is 20.3 Å². The lowest BCUT2D eigenvalue weighted by Gasteiger charge is -2.31. The Morgan fingerprint density at radius 2 is 1.89 bits per heavy atom. The molecule has 1 heterocycles. The molecule has 0 aliphatic carbocycles. The van der Waals surface area contributed by atoms with Crippen LogP contribution in [0.3, 0.4) is 0 Å². The Kier molecular flexibility index (Phi) is 5.37. The first-order chi connectivity index (χ1) is 9.06. The summed E-state index contributed by atoms with van der Waals surface area (Å²) >= 11 is 12.1. The van der Waals surface area contributed by atoms with Crippen LogP contribution in [0.2, 0.25) is 10.0 Å². The lowest BCUT2D eigenvalue weighted by molar-refractivity contribution is -0.912. The molecule has 1 aromatic carbocycles. The Morgan fingerprint density at radius 1 is 1.21 bits per heavy atom. The SMILES string of the molecule is C[C@@H]1C[C@H](C)C[NH+](CCOc2cccc(Cl)c2Cl)C1. The third-order valence-corrected chi connectivity index (χ3v) is 4.51. The molecule has 0 bridgehead atoms. The Labute approximate surface area is 125 Å². The molecule has 0 saturated carbocycles. The molecule has 1 aliphatic heterocycles. The minimum Gasteiger partial charge on any atom is -0.486 e. The molecule has 2 nitrogen and oxygen atoms in total. The fraction of sp³-hybridized carbons (Fsp3) is 0.600. The Bertz CT molecular complexity index is 415. The second-order valence-corrected chi connectivity index (χ2v) is 6.54. The van der Waals surface area contributed by atoms with E-state index in [1.54, 1.807) is 11.0 Å². The van der Waals surface area contributed by atoms with Gasteiger partial charge in [-0.2, -0.15) is 0 Å². The van der Waals surface area contributed by atoms with E-state index in [2.05, 4.69) is 13.8 Å². The number of hydrogen-bond acceptors (Lipinski definition) is 1. The van der Waals surface area contributed by atoms with E-state index in [-0.39, 0.29) is 0 Å². The maximum atomic E-state index is 6.10. The summed E-state index contributed by atoms with van der Waals surface area (Å²) < 4.78 is 5.75. The van der Waals surface area contributed by atoms with Crippen LogP contribution in [0.1, 0.15) is 20.3 Å². The topological polar surface area (TPSA) is 13.7 Å². The van der Waals surface area contributed by atoms with Gasteiger partial charge in [-0.15, -0.1) is 0 Å². The number of hydrogen-bond donors (Lipinski definition) is 1. The number of quaternary nitrogens is 1. The van der Waals surface area contributed by atoms with Crippen LogP contribution >= 0.6 is 23.2 Å². The molecule has 0 spiro atoms. The maximum Gasteiger partial charge on any atom is 0.139 e. The second-order valence-electron chi connectivity index (χ2n) is 5.75. The van der Waals surface area contributed by atoms with E-state index >= 15 is 0 Å². The molecular formula is C15H22Cl2NO+. The Balaban J connectivity index is 1.81. The number of nitrogens with one attached hydrogen (secondary N) is 1. The highest BCUT2D eigenvalue weighted by Gasteiger charge is 2.24. The first kappa shape index (κ1) is 15.0. The molecule has 3 atom stereocenters. The van der Waals surface area contributed by atoms with Crippen LogP contribution in [0.15, 0.2) is 18.2 Å². The van der Waals surface area contributed by atoms with Crippen molar-refractivity contribution >= 4 is 23.2 Å². The highest BCUT2D eigenvalue weighted by atomic mass is 35.5. The number of benzene rings is 1. The first-order valence-electron chi connectivity index (χ1n) is 6.96. The standard InChI is InChI=1S/C15H21Cl2NO/c1-11-8-12(2)10-18(9-11)6-7-19-14-5-3-4-13(16)15(14)17/h3-5,11-12H,6-10H2,1-2H3/p+1/t11-,12+. The van der Waals surface area contributed by atoms with Gasteiger partial charge in [0, 0.05) is 11.8 Å². The molecule has 0 radical (unpaired) electrons. The molecule has 1 unspecified atom stereocenters. The average molecular weight is 303 g/mol. The molecular weight excluding hydrogens is 281 g/mol. The predicted molar refractivity (Wildman–Crippen MR) is 80.5 cm³/mol. The summed E-state index contributed by atoms with van der Waals surface area (Å²) in [7, 11) is 0. The molecule has 1 saturated heterocycles. The van der Waals surface area contributed by atoms with Gasteiger partial charge in [-0.25, -0.2) is 0 Å². The zero-order valence-electron chi connectivity index (χ0n) is 11.6. The average Bonchev–Trinajstić information content (AvgIpc) is 2.33. The van der Waals surface area contributed by atoms with E-state index in [9.17, 15) is 0 Å². The predicted octanol–water partition coefficient (Wildman–Crippen LogP) is 2.93. The monoisotopic (exact) mass is 302 g/mol. The number of likely N-dealkylation sites (tertiary alicyclic amines) is 1. The highest BCUT2D eigenvalue weighted by molar-refractivity contribution is 6.42. The van der Waals surface area contributed by atoms with E-state index in [0.717, 1.165) is 18.4 Å². The van der Waals surface area contributed by atoms with Crippen molar-refractivity contribution in [1.82, 2.24) is 0 Å². The number of ether oxygens (including phenoxy) is 1. The van der Waals surface area contributed by atoms with Crippen LogP contribution < -0.4 is 9.64 Å². The van der Waals surface area contributed by atoms with E-state index in [4.69, 9.17) is 27.9 Å². The molecule has 1 fully saturated rings. The largest absolute Gasteiger partial charge is 0.486 e. The molecule has 1 N–H and O–H groups in total. The summed E-state index contributed by atoms with van der Waals surface area (Å²) in [5, 5.41) is 1.06. The van der Waals surface area contributed by atoms with Gasteiger partial charge in [-0.3, -0.25) is 0 Å². The van der Waals surface area contributed by atoms with Gasteiger partial charge in [0.15, 0.2) is 0 Å². The third kappa shape index (κ3) is 4.27. The van der Waals surface area contributed by atoms with Gasteiger partial charge in [0.05, 0.1) is 18.1 Å². The summed E-state index contributed by atoms with van der Waals surface area (Å²) in [6.07, 6.45) is 1.35. The van der Waals surface area contributed by atoms with E-state index < -0.39 is 0 Å². The van der Waals surface area contributed by atoms with Gasteiger partial charge >= 0.3 is 0 Å². The van der Waals surface area contributed by atoms with Crippen LogP contribution in [0.5, 0.6) is 5.75 Å². The number of rotatable bonds is 4. The summed E-state index contributed by atoms with van der Waals surface area (Å²) in [5.41, 5.74) is 0. The first-order valence-corrected chi connectivity index (χ1v) is 7.72. The van der Waals surface area contributed by atoms with Crippen molar-refractivity contribution in [2.24, 2.45) is 11.8 Å². The maximum absolute atomic E-state index is 6.10. The Morgan fingerprint density at radius 3 is 2.58 bits per heavy atom. The Hall–Kier alpha value is -0.440. The quantitative estimate of drug-likeness (QED) is 0.903. The molecule has 0 amide bonds. The smallest absolute Gasteiger partial charge is 0.139 e. The van der Waals surface area contributed by atoms with Crippen molar-refractivity contribution in [2.75, 3.05) is 26.2 Å². The molecule has 1 aromatic rings. The normalized spacial score (nSPS) is 27.3. The van der Waals surface area contributed by atoms with Crippen molar-refractivity contribution < 1.29 is 9.64 Å². The van der Waals surface area contributed by atoms with E-state index in [0.29, 0.717) is 22.4 Å². The van der Waals surface area contributed by atoms with E-state index in [1.807, 2.05) is 12.1 Å². The number of halogens is 2. The lowest BCUT2D eigenvalue weighted by Crippen LogP contribution is -3.14. The number of piperidine rings is 1. The van der Waals surface area contributed by atoms with Crippen molar-refractivity contribution in [1.29, 1.82) is 0 Å². The third-order valence-electron chi connectivity index (χ3n) is 3.71. The molecule has 0 aromatic heterocycles.